The smallest absolute Gasteiger partial charge is 0.410 e. The van der Waals surface area contributed by atoms with Crippen LogP contribution >= 0.6 is 11.6 Å². The summed E-state index contributed by atoms with van der Waals surface area (Å²) in [6, 6.07) is 13.3. The van der Waals surface area contributed by atoms with E-state index in [0.717, 1.165) is 23.0 Å². The Morgan fingerprint density at radius 2 is 1.68 bits per heavy atom. The van der Waals surface area contributed by atoms with Crippen LogP contribution in [0, 0.1) is 17.5 Å². The Hall–Kier alpha value is -3.45. The molecule has 0 aliphatic carbocycles. The van der Waals surface area contributed by atoms with Crippen molar-refractivity contribution in [2.45, 2.75) is 20.4 Å². The summed E-state index contributed by atoms with van der Waals surface area (Å²) in [5.74, 6) is -2.08. The van der Waals surface area contributed by atoms with Crippen LogP contribution < -0.4 is 4.74 Å². The Labute approximate surface area is 200 Å². The first-order valence-electron chi connectivity index (χ1n) is 10.8. The summed E-state index contributed by atoms with van der Waals surface area (Å²) < 4.78 is 48.5. The number of hydrogen-bond acceptors (Lipinski definition) is 2. The van der Waals surface area contributed by atoms with E-state index in [0.29, 0.717) is 42.1 Å². The number of rotatable bonds is 6. The largest absolute Gasteiger partial charge is 0.415 e. The van der Waals surface area contributed by atoms with Crippen LogP contribution in [0.5, 0.6) is 5.75 Å². The summed E-state index contributed by atoms with van der Waals surface area (Å²) in [5, 5.41) is 0.673. The lowest BCUT2D eigenvalue weighted by molar-refractivity contribution is 0.157. The molecule has 4 rings (SSSR count). The van der Waals surface area contributed by atoms with Crippen LogP contribution in [-0.4, -0.2) is 28.6 Å². The lowest BCUT2D eigenvalue weighted by Gasteiger charge is -2.20. The van der Waals surface area contributed by atoms with Gasteiger partial charge in [0, 0.05) is 42.3 Å². The number of aromatic nitrogens is 1. The molecule has 0 N–H and O–H groups in total. The van der Waals surface area contributed by atoms with E-state index in [1.54, 1.807) is 29.3 Å². The van der Waals surface area contributed by atoms with Crippen LogP contribution in [0.4, 0.5) is 18.0 Å². The molecule has 8 heteroatoms. The molecule has 0 bridgehead atoms. The molecule has 4 nitrogen and oxygen atoms in total. The zero-order valence-electron chi connectivity index (χ0n) is 18.6. The Bertz CT molecular complexity index is 1370. The summed E-state index contributed by atoms with van der Waals surface area (Å²) in [6.45, 7) is 4.97. The van der Waals surface area contributed by atoms with Crippen LogP contribution in [-0.2, 0) is 6.54 Å². The second-order valence-corrected chi connectivity index (χ2v) is 8.14. The van der Waals surface area contributed by atoms with Crippen molar-refractivity contribution in [3.63, 3.8) is 0 Å². The van der Waals surface area contributed by atoms with Crippen molar-refractivity contribution in [3.05, 3.63) is 88.8 Å². The normalized spacial score (nSPS) is 11.1. The quantitative estimate of drug-likeness (QED) is 0.287. The maximum atomic E-state index is 13.9. The minimum absolute atomic E-state index is 0.0586. The van der Waals surface area contributed by atoms with E-state index < -0.39 is 23.5 Å². The second-order valence-electron chi connectivity index (χ2n) is 7.73. The highest BCUT2D eigenvalue weighted by atomic mass is 35.5. The highest BCUT2D eigenvalue weighted by Gasteiger charge is 2.20. The van der Waals surface area contributed by atoms with Crippen LogP contribution in [0.1, 0.15) is 19.4 Å². The van der Waals surface area contributed by atoms with Crippen molar-refractivity contribution in [2.75, 3.05) is 13.1 Å². The van der Waals surface area contributed by atoms with Crippen molar-refractivity contribution >= 4 is 28.6 Å². The number of halogens is 4. The molecule has 0 aliphatic heterocycles. The third kappa shape index (κ3) is 4.61. The van der Waals surface area contributed by atoms with Crippen molar-refractivity contribution in [1.29, 1.82) is 0 Å². The number of amides is 1. The maximum Gasteiger partial charge on any atom is 0.415 e. The first-order valence-corrected chi connectivity index (χ1v) is 11.2. The maximum absolute atomic E-state index is 13.9. The minimum atomic E-state index is -0.916. The summed E-state index contributed by atoms with van der Waals surface area (Å²) in [6.07, 6.45) is 1.30. The standard InChI is InChI=1S/C26H22ClF3N2O2/c1-3-31(4-2)26(33)34-24-10-9-23-18(25(24)17-6-8-20(28)19(27)14-17)11-12-32(23)15-16-5-7-21(29)22(30)13-16/h5-14H,3-4,15H2,1-2H3. The van der Waals surface area contributed by atoms with Gasteiger partial charge in [-0.05, 0) is 67.4 Å². The number of hydrogen-bond donors (Lipinski definition) is 0. The van der Waals surface area contributed by atoms with E-state index in [1.807, 2.05) is 24.5 Å². The van der Waals surface area contributed by atoms with Crippen LogP contribution in [0.3, 0.4) is 0 Å². The Morgan fingerprint density at radius 3 is 2.35 bits per heavy atom. The van der Waals surface area contributed by atoms with Gasteiger partial charge in [0.15, 0.2) is 11.6 Å². The zero-order valence-corrected chi connectivity index (χ0v) is 19.4. The third-order valence-electron chi connectivity index (χ3n) is 5.68. The van der Waals surface area contributed by atoms with Crippen molar-refractivity contribution in [3.8, 4) is 16.9 Å². The van der Waals surface area contributed by atoms with E-state index in [9.17, 15) is 18.0 Å². The first kappa shape index (κ1) is 23.7. The van der Waals surface area contributed by atoms with E-state index >= 15 is 0 Å². The molecule has 0 saturated heterocycles. The Balaban J connectivity index is 1.83. The van der Waals surface area contributed by atoms with Crippen LogP contribution in [0.25, 0.3) is 22.0 Å². The molecule has 0 fully saturated rings. The molecule has 3 aromatic carbocycles. The molecule has 34 heavy (non-hydrogen) atoms. The highest BCUT2D eigenvalue weighted by molar-refractivity contribution is 6.31. The minimum Gasteiger partial charge on any atom is -0.410 e. The molecular weight excluding hydrogens is 465 g/mol. The van der Waals surface area contributed by atoms with Gasteiger partial charge in [0.05, 0.1) is 5.02 Å². The van der Waals surface area contributed by atoms with Gasteiger partial charge in [-0.25, -0.2) is 18.0 Å². The highest BCUT2D eigenvalue weighted by Crippen LogP contribution is 2.39. The van der Waals surface area contributed by atoms with Gasteiger partial charge in [0.1, 0.15) is 11.6 Å². The fourth-order valence-electron chi connectivity index (χ4n) is 3.90. The van der Waals surface area contributed by atoms with Crippen LogP contribution in [0.15, 0.2) is 60.8 Å². The zero-order chi connectivity index (χ0) is 24.4. The fraction of sp³-hybridized carbons (Fsp3) is 0.192. The number of carbonyl (C=O) groups is 1. The third-order valence-corrected chi connectivity index (χ3v) is 5.97. The topological polar surface area (TPSA) is 34.5 Å². The summed E-state index contributed by atoms with van der Waals surface area (Å²) in [4.78, 5) is 14.2. The fourth-order valence-corrected chi connectivity index (χ4v) is 4.08. The Kier molecular flexibility index (Phi) is 6.84. The van der Waals surface area contributed by atoms with E-state index in [4.69, 9.17) is 16.3 Å². The molecule has 1 heterocycles. The lowest BCUT2D eigenvalue weighted by Crippen LogP contribution is -2.33. The summed E-state index contributed by atoms with van der Waals surface area (Å²) in [5.41, 5.74) is 2.50. The second kappa shape index (κ2) is 9.81. The average Bonchev–Trinajstić information content (AvgIpc) is 3.21. The molecule has 0 saturated carbocycles. The van der Waals surface area contributed by atoms with Crippen molar-refractivity contribution in [1.82, 2.24) is 9.47 Å². The Morgan fingerprint density at radius 1 is 0.941 bits per heavy atom. The first-order chi connectivity index (χ1) is 16.3. The molecule has 4 aromatic rings. The van der Waals surface area contributed by atoms with E-state index in [-0.39, 0.29) is 5.02 Å². The molecular formula is C26H22ClF3N2O2. The van der Waals surface area contributed by atoms with Gasteiger partial charge >= 0.3 is 6.09 Å². The molecule has 0 atom stereocenters. The van der Waals surface area contributed by atoms with Gasteiger partial charge in [0.2, 0.25) is 0 Å². The number of carbonyl (C=O) groups excluding carboxylic acids is 1. The molecule has 176 valence electrons. The molecule has 0 unspecified atom stereocenters. The summed E-state index contributed by atoms with van der Waals surface area (Å²) >= 11 is 6.05. The monoisotopic (exact) mass is 486 g/mol. The molecule has 1 amide bonds. The predicted molar refractivity (Wildman–Crippen MR) is 127 cm³/mol. The van der Waals surface area contributed by atoms with Gasteiger partial charge in [-0.3, -0.25) is 0 Å². The van der Waals surface area contributed by atoms with E-state index in [2.05, 4.69) is 0 Å². The number of fused-ring (bicyclic) bond motifs is 1. The van der Waals surface area contributed by atoms with Crippen molar-refractivity contribution in [2.24, 2.45) is 0 Å². The van der Waals surface area contributed by atoms with E-state index in [1.165, 1.54) is 18.2 Å². The average molecular weight is 487 g/mol. The van der Waals surface area contributed by atoms with Gasteiger partial charge < -0.3 is 14.2 Å². The predicted octanol–water partition coefficient (Wildman–Crippen LogP) is 7.27. The molecule has 0 spiro atoms. The molecule has 1 aromatic heterocycles. The van der Waals surface area contributed by atoms with Crippen molar-refractivity contribution < 1.29 is 22.7 Å². The molecule has 0 radical (unpaired) electrons. The number of ether oxygens (including phenoxy) is 1. The van der Waals surface area contributed by atoms with Crippen LogP contribution in [0.2, 0.25) is 5.02 Å². The molecule has 0 aliphatic rings. The van der Waals surface area contributed by atoms with Gasteiger partial charge in [-0.2, -0.15) is 0 Å². The SMILES string of the molecule is CCN(CC)C(=O)Oc1ccc2c(ccn2Cc2ccc(F)c(F)c2)c1-c1ccc(F)c(Cl)c1. The summed E-state index contributed by atoms with van der Waals surface area (Å²) in [7, 11) is 0. The van der Waals surface area contributed by atoms with Gasteiger partial charge in [0.25, 0.3) is 0 Å². The number of benzene rings is 3. The van der Waals surface area contributed by atoms with Gasteiger partial charge in [-0.1, -0.05) is 23.7 Å². The number of nitrogens with zero attached hydrogens (tertiary/aromatic N) is 2. The van der Waals surface area contributed by atoms with Gasteiger partial charge in [-0.15, -0.1) is 0 Å². The lowest BCUT2D eigenvalue weighted by atomic mass is 10.0.